The number of hydrogen-bond donors (Lipinski definition) is 1. The third kappa shape index (κ3) is 3.79. The number of ether oxygens (including phenoxy) is 2. The molecule has 0 unspecified atom stereocenters. The van der Waals surface area contributed by atoms with Gasteiger partial charge in [0.1, 0.15) is 0 Å². The van der Waals surface area contributed by atoms with Crippen molar-refractivity contribution in [3.63, 3.8) is 0 Å². The first-order valence-electron chi connectivity index (χ1n) is 7.77. The molecular formula is C19H13BrN2O3S. The molecule has 130 valence electrons. The molecule has 1 aliphatic heterocycles. The molecule has 4 rings (SSSR count). The molecule has 1 aromatic heterocycles. The van der Waals surface area contributed by atoms with Gasteiger partial charge in [-0.1, -0.05) is 34.1 Å². The Morgan fingerprint density at radius 2 is 1.96 bits per heavy atom. The number of rotatable bonds is 4. The lowest BCUT2D eigenvalue weighted by Gasteiger charge is -1.99. The van der Waals surface area contributed by atoms with Crippen molar-refractivity contribution in [2.45, 2.75) is 0 Å². The second kappa shape index (κ2) is 7.31. The first kappa shape index (κ1) is 16.8. The smallest absolute Gasteiger partial charge is 0.250 e. The van der Waals surface area contributed by atoms with Crippen molar-refractivity contribution >= 4 is 44.4 Å². The second-order valence-corrected chi connectivity index (χ2v) is 7.25. The fraction of sp³-hybridized carbons (Fsp3) is 0.0526. The summed E-state index contributed by atoms with van der Waals surface area (Å²) in [6.45, 7) is 0.230. The number of thiazole rings is 1. The highest BCUT2D eigenvalue weighted by atomic mass is 79.9. The summed E-state index contributed by atoms with van der Waals surface area (Å²) in [5, 5.41) is 5.26. The van der Waals surface area contributed by atoms with Crippen molar-refractivity contribution in [2.75, 3.05) is 12.1 Å². The summed E-state index contributed by atoms with van der Waals surface area (Å²) < 4.78 is 11.6. The fourth-order valence-electron chi connectivity index (χ4n) is 2.42. The van der Waals surface area contributed by atoms with Crippen LogP contribution in [0, 0.1) is 0 Å². The zero-order valence-corrected chi connectivity index (χ0v) is 15.8. The van der Waals surface area contributed by atoms with Gasteiger partial charge >= 0.3 is 0 Å². The Bertz CT molecular complexity index is 983. The zero-order valence-electron chi connectivity index (χ0n) is 13.4. The number of anilines is 1. The largest absolute Gasteiger partial charge is 0.454 e. The van der Waals surface area contributed by atoms with Gasteiger partial charge in [0, 0.05) is 21.5 Å². The molecule has 2 aromatic carbocycles. The number of nitrogens with zero attached hydrogens (tertiary/aromatic N) is 1. The van der Waals surface area contributed by atoms with Crippen LogP contribution in [0.1, 0.15) is 5.56 Å². The Hall–Kier alpha value is -2.64. The van der Waals surface area contributed by atoms with Gasteiger partial charge in [-0.25, -0.2) is 4.98 Å². The maximum Gasteiger partial charge on any atom is 0.250 e. The highest BCUT2D eigenvalue weighted by Crippen LogP contribution is 2.32. The second-order valence-electron chi connectivity index (χ2n) is 5.48. The summed E-state index contributed by atoms with van der Waals surface area (Å²) in [4.78, 5) is 16.6. The zero-order chi connectivity index (χ0) is 17.9. The lowest BCUT2D eigenvalue weighted by Crippen LogP contribution is -2.07. The summed E-state index contributed by atoms with van der Waals surface area (Å²) >= 11 is 4.80. The predicted octanol–water partition coefficient (Wildman–Crippen LogP) is 4.95. The summed E-state index contributed by atoms with van der Waals surface area (Å²) in [6.07, 6.45) is 3.19. The summed E-state index contributed by atoms with van der Waals surface area (Å²) in [5.74, 6) is 1.17. The van der Waals surface area contributed by atoms with Crippen molar-refractivity contribution in [3.8, 4) is 22.8 Å². The van der Waals surface area contributed by atoms with Gasteiger partial charge in [0.15, 0.2) is 16.6 Å². The van der Waals surface area contributed by atoms with Crippen LogP contribution in [0.3, 0.4) is 0 Å². The topological polar surface area (TPSA) is 60.5 Å². The van der Waals surface area contributed by atoms with Gasteiger partial charge < -0.3 is 9.47 Å². The molecule has 7 heteroatoms. The van der Waals surface area contributed by atoms with Crippen LogP contribution in [0.25, 0.3) is 17.3 Å². The molecule has 0 saturated heterocycles. The summed E-state index contributed by atoms with van der Waals surface area (Å²) in [6, 6.07) is 13.4. The fourth-order valence-corrected chi connectivity index (χ4v) is 3.41. The minimum Gasteiger partial charge on any atom is -0.454 e. The quantitative estimate of drug-likeness (QED) is 0.596. The number of carbonyl (C=O) groups excluding carboxylic acids is 1. The predicted molar refractivity (Wildman–Crippen MR) is 105 cm³/mol. The van der Waals surface area contributed by atoms with Gasteiger partial charge in [-0.3, -0.25) is 10.1 Å². The monoisotopic (exact) mass is 428 g/mol. The third-order valence-corrected chi connectivity index (χ3v) is 4.98. The van der Waals surface area contributed by atoms with E-state index in [-0.39, 0.29) is 12.7 Å². The summed E-state index contributed by atoms with van der Waals surface area (Å²) in [5.41, 5.74) is 2.69. The van der Waals surface area contributed by atoms with Crippen LogP contribution in [-0.2, 0) is 4.79 Å². The van der Waals surface area contributed by atoms with E-state index < -0.39 is 0 Å². The number of halogens is 1. The van der Waals surface area contributed by atoms with E-state index in [1.165, 1.54) is 17.4 Å². The first-order valence-corrected chi connectivity index (χ1v) is 9.45. The average Bonchev–Trinajstić information content (AvgIpc) is 3.29. The van der Waals surface area contributed by atoms with Crippen LogP contribution in [-0.4, -0.2) is 17.7 Å². The molecule has 0 radical (unpaired) electrons. The van der Waals surface area contributed by atoms with Crippen molar-refractivity contribution < 1.29 is 14.3 Å². The third-order valence-electron chi connectivity index (χ3n) is 3.70. The number of benzene rings is 2. The van der Waals surface area contributed by atoms with Gasteiger partial charge in [-0.05, 0) is 35.9 Å². The van der Waals surface area contributed by atoms with Crippen LogP contribution < -0.4 is 14.8 Å². The Morgan fingerprint density at radius 3 is 2.81 bits per heavy atom. The minimum absolute atomic E-state index is 0.230. The molecule has 1 aliphatic rings. The van der Waals surface area contributed by atoms with Gasteiger partial charge in [-0.15, -0.1) is 11.3 Å². The van der Waals surface area contributed by atoms with E-state index in [4.69, 9.17) is 9.47 Å². The van der Waals surface area contributed by atoms with E-state index in [0.29, 0.717) is 10.9 Å². The van der Waals surface area contributed by atoms with E-state index in [9.17, 15) is 4.79 Å². The number of nitrogens with one attached hydrogen (secondary N) is 1. The molecule has 1 amide bonds. The van der Waals surface area contributed by atoms with Crippen molar-refractivity contribution in [3.05, 3.63) is 64.0 Å². The van der Waals surface area contributed by atoms with Crippen LogP contribution >= 0.6 is 27.3 Å². The molecule has 3 aromatic rings. The Kier molecular flexibility index (Phi) is 4.73. The van der Waals surface area contributed by atoms with E-state index in [1.807, 2.05) is 47.8 Å². The lowest BCUT2D eigenvalue weighted by atomic mass is 10.2. The first-order chi connectivity index (χ1) is 12.7. The normalized spacial score (nSPS) is 12.5. The Labute approximate surface area is 162 Å². The number of fused-ring (bicyclic) bond motifs is 1. The van der Waals surface area contributed by atoms with E-state index >= 15 is 0 Å². The van der Waals surface area contributed by atoms with Crippen LogP contribution in [0.2, 0.25) is 0 Å². The highest BCUT2D eigenvalue weighted by Gasteiger charge is 2.12. The highest BCUT2D eigenvalue weighted by molar-refractivity contribution is 9.10. The average molecular weight is 429 g/mol. The number of hydrogen-bond acceptors (Lipinski definition) is 5. The van der Waals surface area contributed by atoms with Gasteiger partial charge in [0.25, 0.3) is 0 Å². The molecule has 5 nitrogen and oxygen atoms in total. The Balaban J connectivity index is 1.41. The van der Waals surface area contributed by atoms with Crippen LogP contribution in [0.4, 0.5) is 5.13 Å². The van der Waals surface area contributed by atoms with Gasteiger partial charge in [0.05, 0.1) is 5.69 Å². The van der Waals surface area contributed by atoms with Crippen LogP contribution in [0.15, 0.2) is 58.4 Å². The number of carbonyl (C=O) groups is 1. The van der Waals surface area contributed by atoms with E-state index in [1.54, 1.807) is 6.08 Å². The summed E-state index contributed by atoms with van der Waals surface area (Å²) in [7, 11) is 0. The lowest BCUT2D eigenvalue weighted by molar-refractivity contribution is -0.111. The van der Waals surface area contributed by atoms with Crippen molar-refractivity contribution in [1.82, 2.24) is 4.98 Å². The van der Waals surface area contributed by atoms with Crippen LogP contribution in [0.5, 0.6) is 11.5 Å². The van der Waals surface area contributed by atoms with Crippen molar-refractivity contribution in [2.24, 2.45) is 0 Å². The Morgan fingerprint density at radius 1 is 1.15 bits per heavy atom. The molecule has 0 bridgehead atoms. The molecular weight excluding hydrogens is 416 g/mol. The standard InChI is InChI=1S/C19H13BrN2O3S/c20-14-5-3-13(4-6-14)15-10-26-19(21-15)22-18(23)8-2-12-1-7-16-17(9-12)25-11-24-16/h1-10H,11H2,(H,21,22,23). The minimum atomic E-state index is -0.237. The molecule has 0 fully saturated rings. The molecule has 26 heavy (non-hydrogen) atoms. The van der Waals surface area contributed by atoms with Gasteiger partial charge in [0.2, 0.25) is 12.7 Å². The molecule has 0 spiro atoms. The van der Waals surface area contributed by atoms with E-state index in [2.05, 4.69) is 26.2 Å². The van der Waals surface area contributed by atoms with Crippen molar-refractivity contribution in [1.29, 1.82) is 0 Å². The molecule has 2 heterocycles. The molecule has 0 saturated carbocycles. The molecule has 0 atom stereocenters. The van der Waals surface area contributed by atoms with E-state index in [0.717, 1.165) is 27.0 Å². The molecule has 1 N–H and O–H groups in total. The maximum absolute atomic E-state index is 12.1. The molecule has 0 aliphatic carbocycles. The van der Waals surface area contributed by atoms with Gasteiger partial charge in [-0.2, -0.15) is 0 Å². The number of aromatic nitrogens is 1. The SMILES string of the molecule is O=C(C=Cc1ccc2c(c1)OCO2)Nc1nc(-c2ccc(Br)cc2)cs1. The maximum atomic E-state index is 12.1. The number of amides is 1.